The van der Waals surface area contributed by atoms with E-state index in [-0.39, 0.29) is 5.75 Å². The van der Waals surface area contributed by atoms with Gasteiger partial charge in [0.05, 0.1) is 5.02 Å². The Kier molecular flexibility index (Phi) is 4.95. The Labute approximate surface area is 136 Å². The van der Waals surface area contributed by atoms with Crippen molar-refractivity contribution in [2.24, 2.45) is 5.92 Å². The summed E-state index contributed by atoms with van der Waals surface area (Å²) in [5.74, 6) is 1.10. The number of phenols is 1. The van der Waals surface area contributed by atoms with E-state index in [9.17, 15) is 5.11 Å². The summed E-state index contributed by atoms with van der Waals surface area (Å²) in [4.78, 5) is 2.36. The van der Waals surface area contributed by atoms with Crippen LogP contribution in [0.25, 0.3) is 0 Å². The third kappa shape index (κ3) is 4.26. The Balaban J connectivity index is 1.50. The quantitative estimate of drug-likeness (QED) is 0.865. The van der Waals surface area contributed by atoms with Gasteiger partial charge in [-0.25, -0.2) is 0 Å². The van der Waals surface area contributed by atoms with E-state index in [1.807, 2.05) is 0 Å². The zero-order valence-corrected chi connectivity index (χ0v) is 13.6. The van der Waals surface area contributed by atoms with Crippen LogP contribution in [0.3, 0.4) is 0 Å². The maximum atomic E-state index is 10.0. The van der Waals surface area contributed by atoms with Gasteiger partial charge in [0.1, 0.15) is 5.75 Å². The minimum atomic E-state index is 0.162. The number of likely N-dealkylation sites (tertiary alicyclic amines) is 1. The summed E-state index contributed by atoms with van der Waals surface area (Å²) < 4.78 is 0. The molecule has 1 heterocycles. The maximum Gasteiger partial charge on any atom is 0.138 e. The molecule has 1 aliphatic carbocycles. The van der Waals surface area contributed by atoms with Crippen molar-refractivity contribution < 1.29 is 5.11 Å². The number of aromatic hydroxyl groups is 1. The van der Waals surface area contributed by atoms with Gasteiger partial charge >= 0.3 is 0 Å². The third-order valence-electron chi connectivity index (χ3n) is 4.48. The maximum absolute atomic E-state index is 10.0. The largest absolute Gasteiger partial charge is 0.506 e. The van der Waals surface area contributed by atoms with Gasteiger partial charge in [0.2, 0.25) is 0 Å². The number of halogens is 2. The minimum Gasteiger partial charge on any atom is -0.506 e. The van der Waals surface area contributed by atoms with Crippen molar-refractivity contribution in [3.05, 3.63) is 27.7 Å². The van der Waals surface area contributed by atoms with Crippen LogP contribution in [0.1, 0.15) is 31.2 Å². The number of rotatable bonds is 5. The highest BCUT2D eigenvalue weighted by molar-refractivity contribution is 6.35. The van der Waals surface area contributed by atoms with E-state index in [0.717, 1.165) is 24.6 Å². The van der Waals surface area contributed by atoms with Gasteiger partial charge in [0, 0.05) is 23.2 Å². The van der Waals surface area contributed by atoms with Crippen LogP contribution in [0, 0.1) is 5.92 Å². The van der Waals surface area contributed by atoms with Crippen molar-refractivity contribution in [3.8, 4) is 5.75 Å². The fourth-order valence-corrected chi connectivity index (χ4v) is 3.47. The molecule has 1 aliphatic heterocycles. The number of phenolic OH excluding ortho intramolecular Hbond substituents is 1. The number of benzene rings is 1. The summed E-state index contributed by atoms with van der Waals surface area (Å²) in [6, 6.07) is 4.04. The molecule has 2 N–H and O–H groups in total. The van der Waals surface area contributed by atoms with Gasteiger partial charge in [-0.3, -0.25) is 4.90 Å². The molecule has 1 aromatic carbocycles. The topological polar surface area (TPSA) is 35.5 Å². The van der Waals surface area contributed by atoms with Gasteiger partial charge in [-0.1, -0.05) is 23.2 Å². The predicted molar refractivity (Wildman–Crippen MR) is 87.2 cm³/mol. The second kappa shape index (κ2) is 6.74. The third-order valence-corrected chi connectivity index (χ3v) is 4.99. The molecular weight excluding hydrogens is 307 g/mol. The molecule has 1 saturated carbocycles. The number of nitrogens with zero attached hydrogens (tertiary/aromatic N) is 1. The van der Waals surface area contributed by atoms with Crippen molar-refractivity contribution in [2.75, 3.05) is 19.6 Å². The van der Waals surface area contributed by atoms with E-state index in [4.69, 9.17) is 23.2 Å². The van der Waals surface area contributed by atoms with E-state index in [1.54, 1.807) is 12.1 Å². The molecule has 3 nitrogen and oxygen atoms in total. The van der Waals surface area contributed by atoms with Crippen LogP contribution in [0.15, 0.2) is 12.1 Å². The molecule has 1 saturated heterocycles. The molecule has 0 bridgehead atoms. The molecule has 0 amide bonds. The summed E-state index contributed by atoms with van der Waals surface area (Å²) in [6.45, 7) is 3.99. The lowest BCUT2D eigenvalue weighted by molar-refractivity contribution is 0.188. The Morgan fingerprint density at radius 2 is 1.86 bits per heavy atom. The van der Waals surface area contributed by atoms with Gasteiger partial charge in [-0.15, -0.1) is 0 Å². The summed E-state index contributed by atoms with van der Waals surface area (Å²) in [6.07, 6.45) is 5.14. The van der Waals surface area contributed by atoms with Crippen molar-refractivity contribution in [2.45, 2.75) is 38.3 Å². The van der Waals surface area contributed by atoms with Crippen molar-refractivity contribution in [1.29, 1.82) is 0 Å². The van der Waals surface area contributed by atoms with E-state index < -0.39 is 0 Å². The smallest absolute Gasteiger partial charge is 0.138 e. The Bertz CT molecular complexity index is 497. The fraction of sp³-hybridized carbons (Fsp3) is 0.625. The Morgan fingerprint density at radius 1 is 1.14 bits per heavy atom. The highest BCUT2D eigenvalue weighted by Gasteiger charge is 2.24. The first-order valence-electron chi connectivity index (χ1n) is 7.74. The van der Waals surface area contributed by atoms with Crippen LogP contribution in [-0.4, -0.2) is 35.7 Å². The van der Waals surface area contributed by atoms with Crippen LogP contribution in [-0.2, 0) is 6.54 Å². The van der Waals surface area contributed by atoms with Crippen molar-refractivity contribution >= 4 is 23.2 Å². The molecule has 0 spiro atoms. The van der Waals surface area contributed by atoms with E-state index in [1.165, 1.54) is 32.2 Å². The Morgan fingerprint density at radius 3 is 2.52 bits per heavy atom. The highest BCUT2D eigenvalue weighted by Crippen LogP contribution is 2.32. The fourth-order valence-electron chi connectivity index (χ4n) is 2.93. The van der Waals surface area contributed by atoms with E-state index in [2.05, 4.69) is 10.2 Å². The molecule has 116 valence electrons. The molecule has 3 rings (SSSR count). The lowest BCUT2D eigenvalue weighted by Crippen LogP contribution is -2.42. The number of piperidine rings is 1. The van der Waals surface area contributed by atoms with E-state index in [0.29, 0.717) is 22.6 Å². The monoisotopic (exact) mass is 328 g/mol. The van der Waals surface area contributed by atoms with Crippen molar-refractivity contribution in [3.63, 3.8) is 0 Å². The second-order valence-electron chi connectivity index (χ2n) is 6.30. The molecule has 2 fully saturated rings. The molecule has 5 heteroatoms. The molecule has 0 radical (unpaired) electrons. The molecule has 0 aromatic heterocycles. The highest BCUT2D eigenvalue weighted by atomic mass is 35.5. The molecule has 0 unspecified atom stereocenters. The number of hydrogen-bond donors (Lipinski definition) is 2. The normalized spacial score (nSPS) is 20.9. The molecule has 2 aliphatic rings. The van der Waals surface area contributed by atoms with Gasteiger partial charge < -0.3 is 10.4 Å². The lowest BCUT2D eigenvalue weighted by Gasteiger charge is -2.32. The zero-order valence-electron chi connectivity index (χ0n) is 12.1. The zero-order chi connectivity index (χ0) is 14.8. The van der Waals surface area contributed by atoms with E-state index >= 15 is 0 Å². The molecular formula is C16H22Cl2N2O. The van der Waals surface area contributed by atoms with Crippen LogP contribution < -0.4 is 5.32 Å². The van der Waals surface area contributed by atoms with Crippen LogP contribution in [0.5, 0.6) is 5.75 Å². The number of nitrogens with one attached hydrogen (secondary N) is 1. The van der Waals surface area contributed by atoms with Crippen molar-refractivity contribution in [1.82, 2.24) is 10.2 Å². The summed E-state index contributed by atoms with van der Waals surface area (Å²) >= 11 is 12.0. The summed E-state index contributed by atoms with van der Waals surface area (Å²) in [5.41, 5.74) is 0.817. The Hall–Kier alpha value is -0.480. The SMILES string of the molecule is Oc1c(Cl)cc(Cl)cc1CN1CCC(NCC2CC2)CC1. The standard InChI is InChI=1S/C16H22Cl2N2O/c17-13-7-12(16(21)15(18)8-13)10-20-5-3-14(4-6-20)19-9-11-1-2-11/h7-8,11,14,19,21H,1-6,9-10H2. The number of hydrogen-bond acceptors (Lipinski definition) is 3. The first-order valence-corrected chi connectivity index (χ1v) is 8.50. The summed E-state index contributed by atoms with van der Waals surface area (Å²) in [5, 5.41) is 14.6. The van der Waals surface area contributed by atoms with Crippen LogP contribution >= 0.6 is 23.2 Å². The minimum absolute atomic E-state index is 0.162. The van der Waals surface area contributed by atoms with Gasteiger partial charge in [0.15, 0.2) is 0 Å². The van der Waals surface area contributed by atoms with Gasteiger partial charge in [-0.2, -0.15) is 0 Å². The summed E-state index contributed by atoms with van der Waals surface area (Å²) in [7, 11) is 0. The average molecular weight is 329 g/mol. The molecule has 1 aromatic rings. The second-order valence-corrected chi connectivity index (χ2v) is 7.14. The van der Waals surface area contributed by atoms with Gasteiger partial charge in [-0.05, 0) is 63.4 Å². The average Bonchev–Trinajstić information content (AvgIpc) is 3.28. The molecule has 0 atom stereocenters. The first-order chi connectivity index (χ1) is 10.1. The first kappa shape index (κ1) is 15.4. The van der Waals surface area contributed by atoms with Crippen LogP contribution in [0.4, 0.5) is 0 Å². The van der Waals surface area contributed by atoms with Crippen LogP contribution in [0.2, 0.25) is 10.0 Å². The van der Waals surface area contributed by atoms with Gasteiger partial charge in [0.25, 0.3) is 0 Å². The lowest BCUT2D eigenvalue weighted by atomic mass is 10.0. The predicted octanol–water partition coefficient (Wildman–Crippen LogP) is 3.66. The molecule has 21 heavy (non-hydrogen) atoms.